The number of para-hydroxylation sites is 1. The molecular formula is C20H27Cl2N4O5P. The Morgan fingerprint density at radius 2 is 1.81 bits per heavy atom. The van der Waals surface area contributed by atoms with Crippen molar-refractivity contribution in [1.82, 2.24) is 14.6 Å². The third kappa shape index (κ3) is 6.90. The predicted octanol–water partition coefficient (Wildman–Crippen LogP) is 3.70. The van der Waals surface area contributed by atoms with Gasteiger partial charge in [-0.05, 0) is 25.1 Å². The minimum atomic E-state index is -3.70. The standard InChI is InChI=1S/C20H27Cl2N4O5P/c1-15(20(28)30-3)23-19(27)18-13-16(14-25(18)2)24-32(29,26(11-9-21)12-10-22)31-17-7-5-4-6-8-17/h4-8,13-15H,9-12H2,1-3H3,(H,23,27)(H,24,29)/t15-,32?/m0/s1. The number of amides is 1. The number of esters is 1. The van der Waals surface area contributed by atoms with Crippen molar-refractivity contribution < 1.29 is 23.4 Å². The van der Waals surface area contributed by atoms with E-state index in [0.29, 0.717) is 11.4 Å². The number of benzene rings is 1. The molecule has 2 atom stereocenters. The summed E-state index contributed by atoms with van der Waals surface area (Å²) in [6.45, 7) is 2.05. The van der Waals surface area contributed by atoms with E-state index in [4.69, 9.17) is 27.7 Å². The number of nitrogens with zero attached hydrogens (tertiary/aromatic N) is 2. The van der Waals surface area contributed by atoms with Crippen LogP contribution in [0.3, 0.4) is 0 Å². The Morgan fingerprint density at radius 3 is 2.38 bits per heavy atom. The number of hydrogen-bond donors (Lipinski definition) is 2. The van der Waals surface area contributed by atoms with E-state index in [-0.39, 0.29) is 30.5 Å². The van der Waals surface area contributed by atoms with Crippen LogP contribution in [-0.2, 0) is 21.1 Å². The first kappa shape index (κ1) is 26.1. The first-order chi connectivity index (χ1) is 15.2. The van der Waals surface area contributed by atoms with Crippen molar-refractivity contribution in [3.63, 3.8) is 0 Å². The van der Waals surface area contributed by atoms with Gasteiger partial charge in [-0.1, -0.05) is 18.2 Å². The Hall–Kier alpha value is -2.19. The lowest BCUT2D eigenvalue weighted by Crippen LogP contribution is -2.39. The van der Waals surface area contributed by atoms with Gasteiger partial charge in [-0.2, -0.15) is 0 Å². The second kappa shape index (κ2) is 12.2. The zero-order valence-electron chi connectivity index (χ0n) is 18.1. The summed E-state index contributed by atoms with van der Waals surface area (Å²) >= 11 is 11.8. The summed E-state index contributed by atoms with van der Waals surface area (Å²) in [5.74, 6) is -0.221. The number of methoxy groups -OCH3 is 1. The number of carbonyl (C=O) groups excluding carboxylic acids is 2. The number of aromatic nitrogens is 1. The van der Waals surface area contributed by atoms with Crippen LogP contribution in [0.1, 0.15) is 17.4 Å². The smallest absolute Gasteiger partial charge is 0.419 e. The van der Waals surface area contributed by atoms with Crippen molar-refractivity contribution in [2.45, 2.75) is 13.0 Å². The molecule has 1 aromatic heterocycles. The maximum absolute atomic E-state index is 13.9. The monoisotopic (exact) mass is 504 g/mol. The lowest BCUT2D eigenvalue weighted by molar-refractivity contribution is -0.142. The Kier molecular flexibility index (Phi) is 9.90. The van der Waals surface area contributed by atoms with Gasteiger partial charge in [0.15, 0.2) is 0 Å². The van der Waals surface area contributed by atoms with Gasteiger partial charge in [-0.25, -0.2) is 14.0 Å². The quantitative estimate of drug-likeness (QED) is 0.258. The summed E-state index contributed by atoms with van der Waals surface area (Å²) in [7, 11) is -0.799. The van der Waals surface area contributed by atoms with Crippen LogP contribution < -0.4 is 14.9 Å². The molecule has 0 aliphatic carbocycles. The van der Waals surface area contributed by atoms with Gasteiger partial charge in [-0.3, -0.25) is 9.88 Å². The van der Waals surface area contributed by atoms with Crippen molar-refractivity contribution in [2.75, 3.05) is 37.0 Å². The van der Waals surface area contributed by atoms with Crippen molar-refractivity contribution in [2.24, 2.45) is 7.05 Å². The van der Waals surface area contributed by atoms with Crippen LogP contribution in [0.4, 0.5) is 5.69 Å². The summed E-state index contributed by atoms with van der Waals surface area (Å²) in [5.41, 5.74) is 0.632. The maximum atomic E-state index is 13.9. The van der Waals surface area contributed by atoms with Gasteiger partial charge in [0.25, 0.3) is 5.91 Å². The summed E-state index contributed by atoms with van der Waals surface area (Å²) < 4.78 is 27.5. The van der Waals surface area contributed by atoms with Crippen molar-refractivity contribution >= 4 is 48.4 Å². The highest BCUT2D eigenvalue weighted by atomic mass is 35.5. The average Bonchev–Trinajstić information content (AvgIpc) is 3.13. The van der Waals surface area contributed by atoms with Crippen LogP contribution in [0.15, 0.2) is 42.6 Å². The number of carbonyl (C=O) groups is 2. The third-order valence-corrected chi connectivity index (χ3v) is 6.92. The molecule has 1 unspecified atom stereocenters. The van der Waals surface area contributed by atoms with Crippen LogP contribution in [-0.4, -0.2) is 59.1 Å². The molecule has 0 bridgehead atoms. The number of anilines is 1. The molecule has 1 aromatic carbocycles. The second-order valence-corrected chi connectivity index (χ2v) is 9.58. The fraction of sp³-hybridized carbons (Fsp3) is 0.400. The molecule has 176 valence electrons. The first-order valence-corrected chi connectivity index (χ1v) is 12.4. The van der Waals surface area contributed by atoms with Gasteiger partial charge in [0, 0.05) is 38.1 Å². The largest absolute Gasteiger partial charge is 0.467 e. The van der Waals surface area contributed by atoms with E-state index in [1.165, 1.54) is 20.1 Å². The van der Waals surface area contributed by atoms with Crippen LogP contribution in [0.2, 0.25) is 0 Å². The summed E-state index contributed by atoms with van der Waals surface area (Å²) in [4.78, 5) is 24.2. The lowest BCUT2D eigenvalue weighted by atomic mass is 10.3. The zero-order valence-corrected chi connectivity index (χ0v) is 20.5. The number of aryl methyl sites for hydroxylation is 1. The van der Waals surface area contributed by atoms with E-state index in [1.54, 1.807) is 46.7 Å². The molecule has 0 saturated heterocycles. The Balaban J connectivity index is 2.31. The fourth-order valence-electron chi connectivity index (χ4n) is 2.87. The number of halogens is 2. The van der Waals surface area contributed by atoms with Crippen LogP contribution in [0.25, 0.3) is 0 Å². The molecule has 1 amide bonds. The Bertz CT molecular complexity index is 951. The van der Waals surface area contributed by atoms with E-state index >= 15 is 0 Å². The molecule has 0 aliphatic heterocycles. The molecule has 0 radical (unpaired) electrons. The highest BCUT2D eigenvalue weighted by Gasteiger charge is 2.34. The highest BCUT2D eigenvalue weighted by molar-refractivity contribution is 7.58. The van der Waals surface area contributed by atoms with Crippen LogP contribution in [0, 0.1) is 0 Å². The van der Waals surface area contributed by atoms with Gasteiger partial charge >= 0.3 is 13.6 Å². The molecule has 0 spiro atoms. The molecule has 2 aromatic rings. The van der Waals surface area contributed by atoms with Gasteiger partial charge in [0.1, 0.15) is 17.5 Å². The predicted molar refractivity (Wildman–Crippen MR) is 126 cm³/mol. The van der Waals surface area contributed by atoms with Crippen LogP contribution >= 0.6 is 30.9 Å². The molecule has 0 saturated carbocycles. The summed E-state index contributed by atoms with van der Waals surface area (Å²) in [6.07, 6.45) is 1.60. The van der Waals surface area contributed by atoms with E-state index < -0.39 is 25.6 Å². The molecule has 9 nitrogen and oxygen atoms in total. The molecule has 0 fully saturated rings. The number of ether oxygens (including phenoxy) is 1. The summed E-state index contributed by atoms with van der Waals surface area (Å²) in [5, 5.41) is 5.49. The SMILES string of the molecule is COC(=O)[C@H](C)NC(=O)c1cc(NP(=O)(Oc2ccccc2)N(CCCl)CCCl)cn1C. The molecular weight excluding hydrogens is 478 g/mol. The van der Waals surface area contributed by atoms with Gasteiger partial charge in [-0.15, -0.1) is 23.2 Å². The molecule has 2 rings (SSSR count). The molecule has 32 heavy (non-hydrogen) atoms. The maximum Gasteiger partial charge on any atom is 0.419 e. The molecule has 0 aliphatic rings. The number of nitrogens with one attached hydrogen (secondary N) is 2. The van der Waals surface area contributed by atoms with E-state index in [9.17, 15) is 14.2 Å². The van der Waals surface area contributed by atoms with Gasteiger partial charge in [0.2, 0.25) is 0 Å². The van der Waals surface area contributed by atoms with Gasteiger partial charge < -0.3 is 19.1 Å². The average molecular weight is 505 g/mol. The molecule has 12 heteroatoms. The highest BCUT2D eigenvalue weighted by Crippen LogP contribution is 2.50. The second-order valence-electron chi connectivity index (χ2n) is 6.81. The number of rotatable bonds is 12. The number of hydrogen-bond acceptors (Lipinski definition) is 5. The van der Waals surface area contributed by atoms with Crippen molar-refractivity contribution in [3.05, 3.63) is 48.3 Å². The summed E-state index contributed by atoms with van der Waals surface area (Å²) in [6, 6.07) is 9.41. The Morgan fingerprint density at radius 1 is 1.19 bits per heavy atom. The molecule has 2 N–H and O–H groups in total. The third-order valence-electron chi connectivity index (χ3n) is 4.44. The number of alkyl halides is 2. The molecule has 1 heterocycles. The van der Waals surface area contributed by atoms with Gasteiger partial charge in [0.05, 0.1) is 12.8 Å². The normalized spacial score (nSPS) is 13.8. The van der Waals surface area contributed by atoms with E-state index in [2.05, 4.69) is 15.1 Å². The zero-order chi connectivity index (χ0) is 23.7. The minimum absolute atomic E-state index is 0.217. The van der Waals surface area contributed by atoms with E-state index in [0.717, 1.165) is 0 Å². The topological polar surface area (TPSA) is 102 Å². The minimum Gasteiger partial charge on any atom is -0.467 e. The van der Waals surface area contributed by atoms with Crippen LogP contribution in [0.5, 0.6) is 5.75 Å². The Labute approximate surface area is 197 Å². The fourth-order valence-corrected chi connectivity index (χ4v) is 5.40. The van der Waals surface area contributed by atoms with E-state index in [1.807, 2.05) is 6.07 Å². The first-order valence-electron chi connectivity index (χ1n) is 9.79. The van der Waals surface area contributed by atoms with Crippen molar-refractivity contribution in [3.8, 4) is 5.75 Å². The van der Waals surface area contributed by atoms with Crippen molar-refractivity contribution in [1.29, 1.82) is 0 Å². The lowest BCUT2D eigenvalue weighted by Gasteiger charge is -2.30.